The average Bonchev–Trinajstić information content (AvgIpc) is 3.24. The number of aromatic nitrogens is 2. The van der Waals surface area contributed by atoms with Gasteiger partial charge in [0.05, 0.1) is 25.0 Å². The maximum absolute atomic E-state index is 12.7. The number of hydrogen-bond acceptors (Lipinski definition) is 4. The Morgan fingerprint density at radius 1 is 1.12 bits per heavy atom. The summed E-state index contributed by atoms with van der Waals surface area (Å²) >= 11 is 6.02. The number of rotatable bonds is 9. The molecule has 0 unspecified atom stereocenters. The lowest BCUT2D eigenvalue weighted by Crippen LogP contribution is -2.41. The van der Waals surface area contributed by atoms with Crippen molar-refractivity contribution in [3.8, 4) is 5.69 Å². The van der Waals surface area contributed by atoms with Crippen LogP contribution in [0, 0.1) is 6.92 Å². The first-order valence-corrected chi connectivity index (χ1v) is 10.8. The molecule has 1 N–H and O–H groups in total. The number of likely N-dealkylation sites (N-methyl/N-ethyl adjacent to an activating group) is 2. The largest absolute Gasteiger partial charge is 0.340 e. The van der Waals surface area contributed by atoms with Crippen LogP contribution < -0.4 is 5.32 Å². The summed E-state index contributed by atoms with van der Waals surface area (Å²) in [5.74, 6) is -0.247. The van der Waals surface area contributed by atoms with E-state index in [1.54, 1.807) is 39.9 Å². The molecular formula is C24H28ClN5O2. The highest BCUT2D eigenvalue weighted by molar-refractivity contribution is 6.31. The monoisotopic (exact) mass is 453 g/mol. The quantitative estimate of drug-likeness (QED) is 0.535. The SMILES string of the molecule is CCN(CC(=O)Nc1cc(Cl)ccc1C)CC(=O)N(C)Cc1cnn(-c2ccccc2)c1. The van der Waals surface area contributed by atoms with Gasteiger partial charge in [0.15, 0.2) is 0 Å². The van der Waals surface area contributed by atoms with Crippen molar-refractivity contribution in [3.05, 3.63) is 77.1 Å². The Kier molecular flexibility index (Phi) is 8.03. The predicted octanol–water partition coefficient (Wildman–Crippen LogP) is 3.75. The molecule has 0 aliphatic rings. The standard InChI is InChI=1S/C24H28ClN5O2/c1-4-29(16-23(31)27-22-12-20(25)11-10-18(22)2)17-24(32)28(3)14-19-13-26-30(15-19)21-8-6-5-7-9-21/h5-13,15H,4,14,16-17H2,1-3H3,(H,27,31). The van der Waals surface area contributed by atoms with Crippen molar-refractivity contribution in [2.45, 2.75) is 20.4 Å². The summed E-state index contributed by atoms with van der Waals surface area (Å²) in [6.07, 6.45) is 3.67. The normalized spacial score (nSPS) is 10.9. The second kappa shape index (κ2) is 10.9. The van der Waals surface area contributed by atoms with Crippen LogP contribution in [0.1, 0.15) is 18.1 Å². The number of carbonyl (C=O) groups excluding carboxylic acids is 2. The molecule has 7 nitrogen and oxygen atoms in total. The maximum atomic E-state index is 12.7. The van der Waals surface area contributed by atoms with E-state index in [2.05, 4.69) is 10.4 Å². The van der Waals surface area contributed by atoms with Gasteiger partial charge in [-0.05, 0) is 43.3 Å². The van der Waals surface area contributed by atoms with Crippen molar-refractivity contribution in [3.63, 3.8) is 0 Å². The highest BCUT2D eigenvalue weighted by Gasteiger charge is 2.17. The highest BCUT2D eigenvalue weighted by Crippen LogP contribution is 2.20. The molecule has 3 aromatic rings. The first-order valence-electron chi connectivity index (χ1n) is 10.5. The van der Waals surface area contributed by atoms with Crippen LogP contribution in [0.2, 0.25) is 5.02 Å². The van der Waals surface area contributed by atoms with Crippen molar-refractivity contribution in [1.82, 2.24) is 19.6 Å². The molecule has 0 saturated heterocycles. The number of anilines is 1. The minimum atomic E-state index is -0.184. The molecule has 0 aliphatic heterocycles. The topological polar surface area (TPSA) is 70.5 Å². The van der Waals surface area contributed by atoms with E-state index in [1.165, 1.54) is 0 Å². The molecular weight excluding hydrogens is 426 g/mol. The van der Waals surface area contributed by atoms with E-state index in [-0.39, 0.29) is 24.9 Å². The minimum Gasteiger partial charge on any atom is -0.340 e. The Morgan fingerprint density at radius 3 is 2.59 bits per heavy atom. The highest BCUT2D eigenvalue weighted by atomic mass is 35.5. The van der Waals surface area contributed by atoms with E-state index < -0.39 is 0 Å². The second-order valence-corrected chi connectivity index (χ2v) is 8.13. The third-order valence-corrected chi connectivity index (χ3v) is 5.38. The molecule has 0 atom stereocenters. The molecule has 0 bridgehead atoms. The molecule has 2 aromatic carbocycles. The van der Waals surface area contributed by atoms with Crippen molar-refractivity contribution in [2.75, 3.05) is 32.0 Å². The van der Waals surface area contributed by atoms with E-state index in [9.17, 15) is 9.59 Å². The molecule has 3 rings (SSSR count). The third-order valence-electron chi connectivity index (χ3n) is 5.15. The van der Waals surface area contributed by atoms with Gasteiger partial charge >= 0.3 is 0 Å². The van der Waals surface area contributed by atoms with Crippen LogP contribution in [0.5, 0.6) is 0 Å². The molecule has 32 heavy (non-hydrogen) atoms. The number of hydrogen-bond donors (Lipinski definition) is 1. The number of nitrogens with one attached hydrogen (secondary N) is 1. The summed E-state index contributed by atoms with van der Waals surface area (Å²) in [7, 11) is 1.76. The number of para-hydroxylation sites is 1. The summed E-state index contributed by atoms with van der Waals surface area (Å²) in [5.41, 5.74) is 3.50. The zero-order chi connectivity index (χ0) is 23.1. The second-order valence-electron chi connectivity index (χ2n) is 7.69. The van der Waals surface area contributed by atoms with Gasteiger partial charge in [0.2, 0.25) is 11.8 Å². The van der Waals surface area contributed by atoms with Gasteiger partial charge in [-0.25, -0.2) is 4.68 Å². The first-order chi connectivity index (χ1) is 15.4. The van der Waals surface area contributed by atoms with E-state index in [0.717, 1.165) is 16.8 Å². The molecule has 0 spiro atoms. The zero-order valence-corrected chi connectivity index (χ0v) is 19.3. The summed E-state index contributed by atoms with van der Waals surface area (Å²) in [6, 6.07) is 15.2. The number of halogens is 1. The number of amides is 2. The summed E-state index contributed by atoms with van der Waals surface area (Å²) in [4.78, 5) is 28.7. The van der Waals surface area contributed by atoms with Gasteiger partial charge in [0.1, 0.15) is 0 Å². The Hall–Kier alpha value is -3.16. The molecule has 0 fully saturated rings. The van der Waals surface area contributed by atoms with Crippen molar-refractivity contribution in [2.24, 2.45) is 0 Å². The fraction of sp³-hybridized carbons (Fsp3) is 0.292. The summed E-state index contributed by atoms with van der Waals surface area (Å²) in [5, 5.41) is 7.81. The van der Waals surface area contributed by atoms with Crippen LogP contribution in [-0.4, -0.2) is 58.1 Å². The minimum absolute atomic E-state index is 0.0638. The number of aryl methyl sites for hydroxylation is 1. The van der Waals surface area contributed by atoms with E-state index >= 15 is 0 Å². The van der Waals surface area contributed by atoms with Crippen LogP contribution in [0.4, 0.5) is 5.69 Å². The van der Waals surface area contributed by atoms with Gasteiger partial charge in [0.25, 0.3) is 0 Å². The Morgan fingerprint density at radius 2 is 1.88 bits per heavy atom. The van der Waals surface area contributed by atoms with Crippen LogP contribution >= 0.6 is 11.6 Å². The molecule has 168 valence electrons. The van der Waals surface area contributed by atoms with Gasteiger partial charge in [-0.3, -0.25) is 14.5 Å². The van der Waals surface area contributed by atoms with Crippen LogP contribution in [0.3, 0.4) is 0 Å². The zero-order valence-electron chi connectivity index (χ0n) is 18.6. The fourth-order valence-electron chi connectivity index (χ4n) is 3.24. The van der Waals surface area contributed by atoms with Gasteiger partial charge < -0.3 is 10.2 Å². The van der Waals surface area contributed by atoms with Crippen molar-refractivity contribution < 1.29 is 9.59 Å². The van der Waals surface area contributed by atoms with Gasteiger partial charge in [-0.15, -0.1) is 0 Å². The first kappa shape index (κ1) is 23.5. The fourth-order valence-corrected chi connectivity index (χ4v) is 3.41. The molecule has 1 aromatic heterocycles. The Balaban J connectivity index is 1.53. The third kappa shape index (κ3) is 6.42. The lowest BCUT2D eigenvalue weighted by atomic mass is 10.2. The number of benzene rings is 2. The molecule has 8 heteroatoms. The van der Waals surface area contributed by atoms with Gasteiger partial charge in [0, 0.05) is 36.1 Å². The Labute approximate surface area is 193 Å². The molecule has 0 aliphatic carbocycles. The predicted molar refractivity (Wildman–Crippen MR) is 127 cm³/mol. The summed E-state index contributed by atoms with van der Waals surface area (Å²) in [6.45, 7) is 5.12. The van der Waals surface area contributed by atoms with Crippen LogP contribution in [0.15, 0.2) is 60.9 Å². The maximum Gasteiger partial charge on any atom is 0.238 e. The summed E-state index contributed by atoms with van der Waals surface area (Å²) < 4.78 is 1.79. The van der Waals surface area contributed by atoms with E-state index in [0.29, 0.717) is 23.8 Å². The molecule has 0 saturated carbocycles. The number of carbonyl (C=O) groups is 2. The lowest BCUT2D eigenvalue weighted by Gasteiger charge is -2.23. The Bertz CT molecular complexity index is 1070. The number of nitrogens with zero attached hydrogens (tertiary/aromatic N) is 4. The molecule has 2 amide bonds. The smallest absolute Gasteiger partial charge is 0.238 e. The van der Waals surface area contributed by atoms with E-state index in [4.69, 9.17) is 11.6 Å². The van der Waals surface area contributed by atoms with E-state index in [1.807, 2.05) is 56.4 Å². The molecule has 1 heterocycles. The van der Waals surface area contributed by atoms with Crippen LogP contribution in [0.25, 0.3) is 5.69 Å². The van der Waals surface area contributed by atoms with Crippen molar-refractivity contribution >= 4 is 29.1 Å². The van der Waals surface area contributed by atoms with Crippen molar-refractivity contribution in [1.29, 1.82) is 0 Å². The lowest BCUT2D eigenvalue weighted by molar-refractivity contribution is -0.132. The van der Waals surface area contributed by atoms with Gasteiger partial charge in [-0.2, -0.15) is 5.10 Å². The molecule has 0 radical (unpaired) electrons. The van der Waals surface area contributed by atoms with Crippen LogP contribution in [-0.2, 0) is 16.1 Å². The average molecular weight is 454 g/mol. The van der Waals surface area contributed by atoms with Gasteiger partial charge in [-0.1, -0.05) is 42.8 Å².